The normalized spacial score (nSPS) is 10.6. The summed E-state index contributed by atoms with van der Waals surface area (Å²) in [7, 11) is 0. The number of aryl methyl sites for hydroxylation is 1. The molecule has 0 fully saturated rings. The van der Waals surface area contributed by atoms with E-state index in [4.69, 9.17) is 9.84 Å². The SMILES string of the molecule is C=Cc1ccc(CCCCCOCCCCO)cc1. The van der Waals surface area contributed by atoms with Crippen molar-refractivity contribution in [3.63, 3.8) is 0 Å². The molecule has 0 unspecified atom stereocenters. The molecule has 0 aliphatic heterocycles. The molecule has 0 radical (unpaired) electrons. The highest BCUT2D eigenvalue weighted by Crippen LogP contribution is 2.09. The van der Waals surface area contributed by atoms with Crippen LogP contribution < -0.4 is 0 Å². The van der Waals surface area contributed by atoms with E-state index in [0.717, 1.165) is 38.9 Å². The molecule has 2 heteroatoms. The van der Waals surface area contributed by atoms with Gasteiger partial charge in [-0.3, -0.25) is 0 Å². The van der Waals surface area contributed by atoms with Crippen molar-refractivity contribution in [2.45, 2.75) is 38.5 Å². The second-order valence-electron chi connectivity index (χ2n) is 4.80. The largest absolute Gasteiger partial charge is 0.396 e. The number of hydrogen-bond acceptors (Lipinski definition) is 2. The quantitative estimate of drug-likeness (QED) is 0.614. The summed E-state index contributed by atoms with van der Waals surface area (Å²) in [5, 5.41) is 8.62. The van der Waals surface area contributed by atoms with Crippen molar-refractivity contribution in [2.24, 2.45) is 0 Å². The summed E-state index contributed by atoms with van der Waals surface area (Å²) in [6.07, 6.45) is 8.38. The van der Waals surface area contributed by atoms with Gasteiger partial charge in [-0.05, 0) is 43.2 Å². The summed E-state index contributed by atoms with van der Waals surface area (Å²) >= 11 is 0. The van der Waals surface area contributed by atoms with E-state index in [1.54, 1.807) is 0 Å². The first kappa shape index (κ1) is 15.9. The van der Waals surface area contributed by atoms with Crippen molar-refractivity contribution in [2.75, 3.05) is 19.8 Å². The fourth-order valence-corrected chi connectivity index (χ4v) is 1.95. The fourth-order valence-electron chi connectivity index (χ4n) is 1.95. The van der Waals surface area contributed by atoms with Gasteiger partial charge in [0.05, 0.1) is 0 Å². The molecule has 0 spiro atoms. The van der Waals surface area contributed by atoms with Crippen LogP contribution >= 0.6 is 0 Å². The van der Waals surface area contributed by atoms with Crippen molar-refractivity contribution < 1.29 is 9.84 Å². The molecule has 0 amide bonds. The summed E-state index contributed by atoms with van der Waals surface area (Å²) in [4.78, 5) is 0. The molecule has 19 heavy (non-hydrogen) atoms. The monoisotopic (exact) mass is 262 g/mol. The van der Waals surface area contributed by atoms with Gasteiger partial charge in [-0.1, -0.05) is 43.3 Å². The number of ether oxygens (including phenoxy) is 1. The lowest BCUT2D eigenvalue weighted by atomic mass is 10.1. The number of aliphatic hydroxyl groups excluding tert-OH is 1. The Bertz CT molecular complexity index is 330. The van der Waals surface area contributed by atoms with Crippen LogP contribution in [0.3, 0.4) is 0 Å². The van der Waals surface area contributed by atoms with Gasteiger partial charge in [-0.2, -0.15) is 0 Å². The van der Waals surface area contributed by atoms with Gasteiger partial charge < -0.3 is 9.84 Å². The molecule has 0 saturated heterocycles. The lowest BCUT2D eigenvalue weighted by molar-refractivity contribution is 0.121. The van der Waals surface area contributed by atoms with Crippen LogP contribution in [0.5, 0.6) is 0 Å². The van der Waals surface area contributed by atoms with Crippen LogP contribution in [0, 0.1) is 0 Å². The maximum Gasteiger partial charge on any atom is 0.0466 e. The van der Waals surface area contributed by atoms with E-state index < -0.39 is 0 Å². The lowest BCUT2D eigenvalue weighted by Crippen LogP contribution is -1.98. The Labute approximate surface area is 117 Å². The number of aliphatic hydroxyl groups is 1. The molecule has 0 saturated carbocycles. The predicted molar refractivity (Wildman–Crippen MR) is 81.2 cm³/mol. The Hall–Kier alpha value is -1.12. The Morgan fingerprint density at radius 1 is 0.947 bits per heavy atom. The Kier molecular flexibility index (Phi) is 9.03. The van der Waals surface area contributed by atoms with Crippen molar-refractivity contribution >= 4 is 6.08 Å². The third-order valence-corrected chi connectivity index (χ3v) is 3.17. The van der Waals surface area contributed by atoms with Crippen molar-refractivity contribution in [3.05, 3.63) is 42.0 Å². The number of benzene rings is 1. The van der Waals surface area contributed by atoms with Crippen molar-refractivity contribution in [1.82, 2.24) is 0 Å². The molecule has 0 aromatic heterocycles. The maximum atomic E-state index is 8.62. The molecule has 0 aliphatic carbocycles. The minimum atomic E-state index is 0.272. The molecule has 0 atom stereocenters. The Morgan fingerprint density at radius 3 is 2.26 bits per heavy atom. The Balaban J connectivity index is 1.96. The second-order valence-corrected chi connectivity index (χ2v) is 4.80. The van der Waals surface area contributed by atoms with E-state index in [9.17, 15) is 0 Å². The first-order valence-corrected chi connectivity index (χ1v) is 7.27. The van der Waals surface area contributed by atoms with Crippen LogP contribution in [0.1, 0.15) is 43.2 Å². The van der Waals surface area contributed by atoms with Gasteiger partial charge in [0.2, 0.25) is 0 Å². The van der Waals surface area contributed by atoms with Gasteiger partial charge in [0, 0.05) is 19.8 Å². The third-order valence-electron chi connectivity index (χ3n) is 3.17. The van der Waals surface area contributed by atoms with Crippen molar-refractivity contribution in [3.8, 4) is 0 Å². The average molecular weight is 262 g/mol. The van der Waals surface area contributed by atoms with E-state index in [1.165, 1.54) is 24.0 Å². The van der Waals surface area contributed by atoms with E-state index in [0.29, 0.717) is 0 Å². The summed E-state index contributed by atoms with van der Waals surface area (Å²) in [6, 6.07) is 8.60. The number of unbranched alkanes of at least 4 members (excludes halogenated alkanes) is 3. The van der Waals surface area contributed by atoms with E-state index in [2.05, 4.69) is 30.8 Å². The molecule has 1 rings (SSSR count). The maximum absolute atomic E-state index is 8.62. The highest BCUT2D eigenvalue weighted by molar-refractivity contribution is 5.47. The van der Waals surface area contributed by atoms with Crippen LogP contribution in [-0.4, -0.2) is 24.9 Å². The van der Waals surface area contributed by atoms with Gasteiger partial charge in [0.1, 0.15) is 0 Å². The summed E-state index contributed by atoms with van der Waals surface area (Å²) in [5.41, 5.74) is 2.58. The lowest BCUT2D eigenvalue weighted by Gasteiger charge is -2.04. The van der Waals surface area contributed by atoms with Crippen molar-refractivity contribution in [1.29, 1.82) is 0 Å². The predicted octanol–water partition coefficient (Wildman–Crippen LogP) is 3.83. The van der Waals surface area contributed by atoms with Crippen LogP contribution in [0.15, 0.2) is 30.8 Å². The molecule has 1 aromatic carbocycles. The highest BCUT2D eigenvalue weighted by atomic mass is 16.5. The first-order chi connectivity index (χ1) is 9.36. The molecule has 106 valence electrons. The van der Waals surface area contributed by atoms with Gasteiger partial charge in [-0.15, -0.1) is 0 Å². The fraction of sp³-hybridized carbons (Fsp3) is 0.529. The zero-order valence-corrected chi connectivity index (χ0v) is 11.8. The van der Waals surface area contributed by atoms with E-state index in [1.807, 2.05) is 6.08 Å². The van der Waals surface area contributed by atoms with Gasteiger partial charge >= 0.3 is 0 Å². The van der Waals surface area contributed by atoms with Crippen LogP contribution in [0.4, 0.5) is 0 Å². The molecule has 1 N–H and O–H groups in total. The summed E-state index contributed by atoms with van der Waals surface area (Å²) < 4.78 is 5.50. The van der Waals surface area contributed by atoms with Crippen LogP contribution in [0.2, 0.25) is 0 Å². The summed E-state index contributed by atoms with van der Waals surface area (Å²) in [6.45, 7) is 5.66. The third kappa shape index (κ3) is 7.81. The highest BCUT2D eigenvalue weighted by Gasteiger charge is 1.95. The summed E-state index contributed by atoms with van der Waals surface area (Å²) in [5.74, 6) is 0. The second kappa shape index (κ2) is 10.8. The van der Waals surface area contributed by atoms with Gasteiger partial charge in [0.15, 0.2) is 0 Å². The molecule has 2 nitrogen and oxygen atoms in total. The number of hydrogen-bond donors (Lipinski definition) is 1. The first-order valence-electron chi connectivity index (χ1n) is 7.27. The topological polar surface area (TPSA) is 29.5 Å². The smallest absolute Gasteiger partial charge is 0.0466 e. The van der Waals surface area contributed by atoms with E-state index in [-0.39, 0.29) is 6.61 Å². The standard InChI is InChI=1S/C17H26O2/c1-2-16-9-11-17(12-10-16)8-4-3-6-14-19-15-7-5-13-18/h2,9-12,18H,1,3-8,13-15H2. The zero-order chi connectivity index (χ0) is 13.8. The van der Waals surface area contributed by atoms with Crippen LogP contribution in [-0.2, 0) is 11.2 Å². The zero-order valence-electron chi connectivity index (χ0n) is 11.8. The minimum Gasteiger partial charge on any atom is -0.396 e. The molecule has 0 aliphatic rings. The number of rotatable bonds is 11. The van der Waals surface area contributed by atoms with Gasteiger partial charge in [0.25, 0.3) is 0 Å². The minimum absolute atomic E-state index is 0.272. The molecular weight excluding hydrogens is 236 g/mol. The molecule has 0 bridgehead atoms. The molecular formula is C17H26O2. The van der Waals surface area contributed by atoms with Gasteiger partial charge in [-0.25, -0.2) is 0 Å². The molecule has 0 heterocycles. The molecule has 1 aromatic rings. The average Bonchev–Trinajstić information content (AvgIpc) is 2.46. The Morgan fingerprint density at radius 2 is 1.63 bits per heavy atom. The van der Waals surface area contributed by atoms with E-state index >= 15 is 0 Å². The van der Waals surface area contributed by atoms with Crippen LogP contribution in [0.25, 0.3) is 6.08 Å².